The van der Waals surface area contributed by atoms with Crippen molar-refractivity contribution >= 4 is 28.7 Å². The molecular formula is C23H28N4O4. The third-order valence-electron chi connectivity index (χ3n) is 7.03. The highest BCUT2D eigenvalue weighted by Crippen LogP contribution is 2.42. The Balaban J connectivity index is 1.51. The smallest absolute Gasteiger partial charge is 0.322 e. The summed E-state index contributed by atoms with van der Waals surface area (Å²) in [7, 11) is 1.37. The number of aromatic nitrogens is 1. The fraction of sp³-hybridized carbons (Fsp3) is 0.522. The molecule has 2 saturated heterocycles. The van der Waals surface area contributed by atoms with Crippen LogP contribution in [0.1, 0.15) is 43.5 Å². The molecule has 5 rings (SSSR count). The van der Waals surface area contributed by atoms with E-state index in [1.54, 1.807) is 11.8 Å². The number of esters is 1. The lowest BCUT2D eigenvalue weighted by atomic mass is 9.86. The molecule has 2 aromatic rings. The predicted octanol–water partition coefficient (Wildman–Crippen LogP) is 1.51. The zero-order valence-electron chi connectivity index (χ0n) is 17.9. The molecule has 164 valence electrons. The maximum Gasteiger partial charge on any atom is 0.322 e. The van der Waals surface area contributed by atoms with E-state index in [-0.39, 0.29) is 29.9 Å². The first-order valence-electron chi connectivity index (χ1n) is 11.0. The van der Waals surface area contributed by atoms with Gasteiger partial charge in [-0.05, 0) is 44.4 Å². The maximum absolute atomic E-state index is 13.5. The van der Waals surface area contributed by atoms with Crippen LogP contribution in [0.15, 0.2) is 24.3 Å². The molecule has 0 aliphatic carbocycles. The molecule has 31 heavy (non-hydrogen) atoms. The Morgan fingerprint density at radius 1 is 1.26 bits per heavy atom. The molecule has 3 aliphatic rings. The number of carbonyl (C=O) groups is 3. The molecule has 0 saturated carbocycles. The quantitative estimate of drug-likeness (QED) is 0.710. The number of hydrogen-bond donors (Lipinski definition) is 2. The number of benzene rings is 1. The van der Waals surface area contributed by atoms with Crippen molar-refractivity contribution in [1.29, 1.82) is 0 Å². The first kappa shape index (κ1) is 20.1. The summed E-state index contributed by atoms with van der Waals surface area (Å²) in [5.74, 6) is -0.199. The number of para-hydroxylation sites is 1. The molecule has 1 aromatic heterocycles. The van der Waals surface area contributed by atoms with Gasteiger partial charge in [-0.3, -0.25) is 14.4 Å². The molecule has 4 heterocycles. The van der Waals surface area contributed by atoms with E-state index < -0.39 is 12.1 Å². The first-order chi connectivity index (χ1) is 15.0. The Bertz CT molecular complexity index is 1050. The van der Waals surface area contributed by atoms with Gasteiger partial charge in [-0.15, -0.1) is 0 Å². The van der Waals surface area contributed by atoms with Crippen molar-refractivity contribution in [2.75, 3.05) is 20.2 Å². The van der Waals surface area contributed by atoms with Gasteiger partial charge in [-0.25, -0.2) is 0 Å². The number of nitrogens with one attached hydrogen (secondary N) is 2. The van der Waals surface area contributed by atoms with Crippen LogP contribution in [0.25, 0.3) is 10.9 Å². The minimum absolute atomic E-state index is 0.0532. The number of methoxy groups -OCH3 is 1. The Morgan fingerprint density at radius 3 is 2.87 bits per heavy atom. The van der Waals surface area contributed by atoms with Crippen molar-refractivity contribution in [2.24, 2.45) is 0 Å². The molecule has 2 N–H and O–H groups in total. The fourth-order valence-corrected chi connectivity index (χ4v) is 5.52. The zero-order valence-corrected chi connectivity index (χ0v) is 17.9. The molecule has 2 fully saturated rings. The highest BCUT2D eigenvalue weighted by atomic mass is 16.5. The highest BCUT2D eigenvalue weighted by molar-refractivity contribution is 5.99. The Labute approximate surface area is 180 Å². The number of piperazine rings is 1. The molecule has 0 unspecified atom stereocenters. The lowest BCUT2D eigenvalue weighted by Gasteiger charge is -2.48. The van der Waals surface area contributed by atoms with Gasteiger partial charge in [0.25, 0.3) is 0 Å². The summed E-state index contributed by atoms with van der Waals surface area (Å²) in [5, 5.41) is 4.30. The van der Waals surface area contributed by atoms with Crippen LogP contribution in [0, 0.1) is 0 Å². The fourth-order valence-electron chi connectivity index (χ4n) is 5.52. The minimum Gasteiger partial charge on any atom is -0.468 e. The summed E-state index contributed by atoms with van der Waals surface area (Å²) in [6.45, 7) is 2.95. The van der Waals surface area contributed by atoms with Crippen LogP contribution in [0.4, 0.5) is 0 Å². The van der Waals surface area contributed by atoms with Crippen molar-refractivity contribution in [3.8, 4) is 0 Å². The average molecular weight is 425 g/mol. The Hall–Kier alpha value is -2.87. The number of rotatable bonds is 5. The van der Waals surface area contributed by atoms with Gasteiger partial charge in [0.05, 0.1) is 13.2 Å². The van der Waals surface area contributed by atoms with Crippen LogP contribution >= 0.6 is 0 Å². The van der Waals surface area contributed by atoms with E-state index in [0.717, 1.165) is 35.0 Å². The van der Waals surface area contributed by atoms with Gasteiger partial charge in [-0.2, -0.15) is 0 Å². The van der Waals surface area contributed by atoms with Gasteiger partial charge < -0.3 is 24.8 Å². The molecule has 0 spiro atoms. The molecule has 3 aliphatic heterocycles. The molecular weight excluding hydrogens is 396 g/mol. The number of ether oxygens (including phenoxy) is 1. The second-order valence-corrected chi connectivity index (χ2v) is 8.72. The van der Waals surface area contributed by atoms with E-state index in [2.05, 4.69) is 16.4 Å². The normalized spacial score (nSPS) is 25.9. The molecule has 1 aromatic carbocycles. The van der Waals surface area contributed by atoms with Gasteiger partial charge in [-0.1, -0.05) is 18.2 Å². The SMILES string of the molecule is COC(=O)[C@@H](C)NCC[C@H]1c2[nH]c3ccccc3c2C[C@H]2C(=O)N3CCC[C@H]3C(=O)N21. The Kier molecular flexibility index (Phi) is 4.97. The average Bonchev–Trinajstić information content (AvgIpc) is 3.41. The van der Waals surface area contributed by atoms with Crippen LogP contribution in [0.2, 0.25) is 0 Å². The van der Waals surface area contributed by atoms with Crippen LogP contribution in [-0.2, 0) is 25.5 Å². The largest absolute Gasteiger partial charge is 0.468 e. The minimum atomic E-state index is -0.461. The van der Waals surface area contributed by atoms with E-state index >= 15 is 0 Å². The van der Waals surface area contributed by atoms with Crippen molar-refractivity contribution in [3.63, 3.8) is 0 Å². The zero-order chi connectivity index (χ0) is 21.7. The van der Waals surface area contributed by atoms with Crippen molar-refractivity contribution in [1.82, 2.24) is 20.1 Å². The summed E-state index contributed by atoms with van der Waals surface area (Å²) in [6, 6.07) is 6.62. The summed E-state index contributed by atoms with van der Waals surface area (Å²) < 4.78 is 4.79. The van der Waals surface area contributed by atoms with E-state index in [4.69, 9.17) is 4.74 Å². The van der Waals surface area contributed by atoms with E-state index in [9.17, 15) is 14.4 Å². The lowest BCUT2D eigenvalue weighted by Crippen LogP contribution is -2.65. The number of amides is 2. The lowest BCUT2D eigenvalue weighted by molar-refractivity contribution is -0.163. The molecule has 0 bridgehead atoms. The number of nitrogens with zero attached hydrogens (tertiary/aromatic N) is 2. The molecule has 8 nitrogen and oxygen atoms in total. The summed E-state index contributed by atoms with van der Waals surface area (Å²) >= 11 is 0. The topological polar surface area (TPSA) is 94.7 Å². The van der Waals surface area contributed by atoms with Gasteiger partial charge >= 0.3 is 5.97 Å². The second kappa shape index (κ2) is 7.67. The molecule has 2 amide bonds. The summed E-state index contributed by atoms with van der Waals surface area (Å²) in [6.07, 6.45) is 2.75. The monoisotopic (exact) mass is 424 g/mol. The van der Waals surface area contributed by atoms with E-state index in [1.807, 2.05) is 23.1 Å². The van der Waals surface area contributed by atoms with Gasteiger partial charge in [0.2, 0.25) is 11.8 Å². The van der Waals surface area contributed by atoms with E-state index in [0.29, 0.717) is 25.9 Å². The third kappa shape index (κ3) is 3.12. The van der Waals surface area contributed by atoms with Gasteiger partial charge in [0, 0.05) is 29.6 Å². The van der Waals surface area contributed by atoms with E-state index in [1.165, 1.54) is 7.11 Å². The molecule has 0 radical (unpaired) electrons. The third-order valence-corrected chi connectivity index (χ3v) is 7.03. The first-order valence-corrected chi connectivity index (χ1v) is 11.0. The van der Waals surface area contributed by atoms with Crippen molar-refractivity contribution in [2.45, 2.75) is 56.8 Å². The number of fused-ring (bicyclic) bond motifs is 5. The Morgan fingerprint density at radius 2 is 2.06 bits per heavy atom. The van der Waals surface area contributed by atoms with Crippen LogP contribution in [0.5, 0.6) is 0 Å². The number of hydrogen-bond acceptors (Lipinski definition) is 5. The van der Waals surface area contributed by atoms with Gasteiger partial charge in [0.1, 0.15) is 18.1 Å². The molecule has 8 heteroatoms. The van der Waals surface area contributed by atoms with Crippen LogP contribution in [-0.4, -0.2) is 70.9 Å². The maximum atomic E-state index is 13.5. The summed E-state index contributed by atoms with van der Waals surface area (Å²) in [5.41, 5.74) is 3.16. The van der Waals surface area contributed by atoms with Crippen molar-refractivity contribution < 1.29 is 19.1 Å². The van der Waals surface area contributed by atoms with Crippen LogP contribution < -0.4 is 5.32 Å². The standard InChI is InChI=1S/C23H28N4O4/c1-13(23(30)31-2)24-10-9-17-20-15(14-6-3-4-7-16(14)25-20)12-19-21(28)26-11-5-8-18(26)22(29)27(17)19/h3-4,6-7,13,17-19,24-25H,5,8-12H2,1-2H3/t13-,17+,18+,19+/m1/s1. The summed E-state index contributed by atoms with van der Waals surface area (Å²) in [4.78, 5) is 45.8. The molecule has 4 atom stereocenters. The highest BCUT2D eigenvalue weighted by Gasteiger charge is 2.52. The number of carbonyl (C=O) groups excluding carboxylic acids is 3. The predicted molar refractivity (Wildman–Crippen MR) is 114 cm³/mol. The second-order valence-electron chi connectivity index (χ2n) is 8.72. The van der Waals surface area contributed by atoms with Crippen LogP contribution in [0.3, 0.4) is 0 Å². The van der Waals surface area contributed by atoms with Crippen molar-refractivity contribution in [3.05, 3.63) is 35.5 Å². The van der Waals surface area contributed by atoms with Gasteiger partial charge in [0.15, 0.2) is 0 Å². The number of H-pyrrole nitrogens is 1. The number of aromatic amines is 1.